The van der Waals surface area contributed by atoms with Crippen molar-refractivity contribution in [2.75, 3.05) is 25.5 Å². The highest BCUT2D eigenvalue weighted by molar-refractivity contribution is 6.30. The molecule has 0 saturated heterocycles. The summed E-state index contributed by atoms with van der Waals surface area (Å²) in [5, 5.41) is 3.31. The van der Waals surface area contributed by atoms with Gasteiger partial charge in [-0.3, -0.25) is 9.59 Å². The first kappa shape index (κ1) is 19.5. The van der Waals surface area contributed by atoms with Crippen molar-refractivity contribution in [1.82, 2.24) is 4.90 Å². The zero-order chi connectivity index (χ0) is 19.9. The molecule has 6 nitrogen and oxygen atoms in total. The lowest BCUT2D eigenvalue weighted by atomic mass is 10.2. The summed E-state index contributed by atoms with van der Waals surface area (Å²) in [4.78, 5) is 26.0. The molecule has 0 aliphatic carbocycles. The zero-order valence-electron chi connectivity index (χ0n) is 15.2. The Kier molecular flexibility index (Phi) is 6.34. The van der Waals surface area contributed by atoms with E-state index >= 15 is 0 Å². The van der Waals surface area contributed by atoms with Crippen molar-refractivity contribution in [2.24, 2.45) is 0 Å². The second-order valence-corrected chi connectivity index (χ2v) is 6.48. The molecule has 0 atom stereocenters. The van der Waals surface area contributed by atoms with E-state index in [-0.39, 0.29) is 17.6 Å². The van der Waals surface area contributed by atoms with Crippen molar-refractivity contribution in [2.45, 2.75) is 0 Å². The van der Waals surface area contributed by atoms with Crippen LogP contribution in [0.25, 0.3) is 0 Å². The predicted octanol–water partition coefficient (Wildman–Crippen LogP) is 4.34. The minimum atomic E-state index is -0.348. The fourth-order valence-electron chi connectivity index (χ4n) is 2.48. The quantitative estimate of drug-likeness (QED) is 0.642. The molecule has 0 aliphatic heterocycles. The molecule has 1 heterocycles. The maximum absolute atomic E-state index is 12.5. The number of rotatable bonds is 7. The van der Waals surface area contributed by atoms with E-state index in [1.165, 1.54) is 6.26 Å². The second-order valence-electron chi connectivity index (χ2n) is 6.04. The number of anilines is 1. The summed E-state index contributed by atoms with van der Waals surface area (Å²) in [6.07, 6.45) is 1.43. The average Bonchev–Trinajstić information content (AvgIpc) is 3.23. The van der Waals surface area contributed by atoms with E-state index in [9.17, 15) is 9.59 Å². The van der Waals surface area contributed by atoms with Gasteiger partial charge in [0.1, 0.15) is 12.4 Å². The standard InChI is InChI=1S/C21H19ClN2O4/c1-24(11-13-27-18-5-2-4-16(22)14-18)21(26)15-7-9-17(10-8-15)23-20(25)19-6-3-12-28-19/h2-10,12,14H,11,13H2,1H3,(H,23,25). The van der Waals surface area contributed by atoms with E-state index in [1.807, 2.05) is 6.07 Å². The molecule has 1 N–H and O–H groups in total. The number of halogens is 1. The molecular formula is C21H19ClN2O4. The maximum Gasteiger partial charge on any atom is 0.291 e. The topological polar surface area (TPSA) is 71.8 Å². The van der Waals surface area contributed by atoms with E-state index in [0.717, 1.165) is 0 Å². The number of amides is 2. The minimum absolute atomic E-state index is 0.140. The van der Waals surface area contributed by atoms with E-state index in [1.54, 1.807) is 66.5 Å². The molecule has 0 saturated carbocycles. The molecule has 0 radical (unpaired) electrons. The number of nitrogens with one attached hydrogen (secondary N) is 1. The molecule has 28 heavy (non-hydrogen) atoms. The number of carbonyl (C=O) groups is 2. The van der Waals surface area contributed by atoms with Crippen molar-refractivity contribution in [3.05, 3.63) is 83.3 Å². The SMILES string of the molecule is CN(CCOc1cccc(Cl)c1)C(=O)c1ccc(NC(=O)c2ccco2)cc1. The Balaban J connectivity index is 1.51. The van der Waals surface area contributed by atoms with Crippen LogP contribution in [0.2, 0.25) is 5.02 Å². The molecule has 0 bridgehead atoms. The highest BCUT2D eigenvalue weighted by Gasteiger charge is 2.13. The summed E-state index contributed by atoms with van der Waals surface area (Å²) >= 11 is 5.91. The third-order valence-electron chi connectivity index (χ3n) is 3.97. The van der Waals surface area contributed by atoms with Gasteiger partial charge in [-0.15, -0.1) is 0 Å². The largest absolute Gasteiger partial charge is 0.492 e. The third-order valence-corrected chi connectivity index (χ3v) is 4.21. The Bertz CT molecular complexity index is 939. The van der Waals surface area contributed by atoms with Crippen molar-refractivity contribution in [3.63, 3.8) is 0 Å². The minimum Gasteiger partial charge on any atom is -0.492 e. The Morgan fingerprint density at radius 2 is 1.89 bits per heavy atom. The van der Waals surface area contributed by atoms with Crippen LogP contribution in [0, 0.1) is 0 Å². The molecule has 2 aromatic carbocycles. The van der Waals surface area contributed by atoms with Gasteiger partial charge >= 0.3 is 0 Å². The Labute approximate surface area is 167 Å². The van der Waals surface area contributed by atoms with Gasteiger partial charge in [0.15, 0.2) is 5.76 Å². The lowest BCUT2D eigenvalue weighted by molar-refractivity contribution is 0.0773. The normalized spacial score (nSPS) is 10.4. The van der Waals surface area contributed by atoms with Gasteiger partial charge < -0.3 is 19.4 Å². The summed E-state index contributed by atoms with van der Waals surface area (Å²) in [5.41, 5.74) is 1.09. The van der Waals surface area contributed by atoms with Gasteiger partial charge in [-0.05, 0) is 54.6 Å². The molecule has 3 aromatic rings. The van der Waals surface area contributed by atoms with Crippen LogP contribution in [0.3, 0.4) is 0 Å². The molecule has 0 spiro atoms. The molecule has 2 amide bonds. The molecule has 144 valence electrons. The Hall–Kier alpha value is -3.25. The van der Waals surface area contributed by atoms with E-state index < -0.39 is 0 Å². The van der Waals surface area contributed by atoms with Crippen LogP contribution in [0.15, 0.2) is 71.3 Å². The molecule has 0 aliphatic rings. The Morgan fingerprint density at radius 1 is 1.11 bits per heavy atom. The van der Waals surface area contributed by atoms with Gasteiger partial charge in [0.05, 0.1) is 12.8 Å². The summed E-state index contributed by atoms with van der Waals surface area (Å²) in [6.45, 7) is 0.766. The number of nitrogens with zero attached hydrogens (tertiary/aromatic N) is 1. The van der Waals surface area contributed by atoms with Crippen LogP contribution in [-0.4, -0.2) is 36.9 Å². The zero-order valence-corrected chi connectivity index (χ0v) is 16.0. The summed E-state index contributed by atoms with van der Waals surface area (Å²) in [6, 6.07) is 17.0. The van der Waals surface area contributed by atoms with E-state index in [4.69, 9.17) is 20.8 Å². The predicted molar refractivity (Wildman–Crippen MR) is 107 cm³/mol. The van der Waals surface area contributed by atoms with Gasteiger partial charge in [-0.25, -0.2) is 0 Å². The van der Waals surface area contributed by atoms with Crippen molar-refractivity contribution >= 4 is 29.1 Å². The fourth-order valence-corrected chi connectivity index (χ4v) is 2.66. The number of benzene rings is 2. The van der Waals surface area contributed by atoms with Crippen LogP contribution in [0.4, 0.5) is 5.69 Å². The van der Waals surface area contributed by atoms with E-state index in [2.05, 4.69) is 5.32 Å². The van der Waals surface area contributed by atoms with Crippen LogP contribution in [0.5, 0.6) is 5.75 Å². The summed E-state index contributed by atoms with van der Waals surface area (Å²) < 4.78 is 10.7. The van der Waals surface area contributed by atoms with Gasteiger partial charge in [-0.1, -0.05) is 17.7 Å². The number of hydrogen-bond donors (Lipinski definition) is 1. The first-order valence-electron chi connectivity index (χ1n) is 8.61. The number of ether oxygens (including phenoxy) is 1. The molecule has 7 heteroatoms. The van der Waals surface area contributed by atoms with Crippen molar-refractivity contribution < 1.29 is 18.7 Å². The van der Waals surface area contributed by atoms with Crippen LogP contribution in [-0.2, 0) is 0 Å². The van der Waals surface area contributed by atoms with Crippen molar-refractivity contribution in [3.8, 4) is 5.75 Å². The van der Waals surface area contributed by atoms with E-state index in [0.29, 0.717) is 35.2 Å². The highest BCUT2D eigenvalue weighted by Crippen LogP contribution is 2.17. The molecule has 0 unspecified atom stereocenters. The van der Waals surface area contributed by atoms with Crippen molar-refractivity contribution in [1.29, 1.82) is 0 Å². The van der Waals surface area contributed by atoms with Crippen LogP contribution < -0.4 is 10.1 Å². The van der Waals surface area contributed by atoms with Gasteiger partial charge in [0.25, 0.3) is 11.8 Å². The molecule has 3 rings (SSSR count). The summed E-state index contributed by atoms with van der Waals surface area (Å²) in [5.74, 6) is 0.391. The number of hydrogen-bond acceptors (Lipinski definition) is 4. The Morgan fingerprint density at radius 3 is 2.57 bits per heavy atom. The fraction of sp³-hybridized carbons (Fsp3) is 0.143. The number of carbonyl (C=O) groups excluding carboxylic acids is 2. The third kappa shape index (κ3) is 5.14. The highest BCUT2D eigenvalue weighted by atomic mass is 35.5. The smallest absolute Gasteiger partial charge is 0.291 e. The van der Waals surface area contributed by atoms with Gasteiger partial charge in [-0.2, -0.15) is 0 Å². The van der Waals surface area contributed by atoms with Gasteiger partial charge in [0.2, 0.25) is 0 Å². The molecule has 1 aromatic heterocycles. The summed E-state index contributed by atoms with van der Waals surface area (Å²) in [7, 11) is 1.70. The van der Waals surface area contributed by atoms with Gasteiger partial charge in [0, 0.05) is 23.3 Å². The molecule has 0 fully saturated rings. The first-order chi connectivity index (χ1) is 13.5. The maximum atomic E-state index is 12.5. The number of likely N-dealkylation sites (N-methyl/N-ethyl adjacent to an activating group) is 1. The van der Waals surface area contributed by atoms with Crippen LogP contribution >= 0.6 is 11.6 Å². The first-order valence-corrected chi connectivity index (χ1v) is 8.99. The number of furan rings is 1. The van der Waals surface area contributed by atoms with Crippen LogP contribution in [0.1, 0.15) is 20.9 Å². The molecular weight excluding hydrogens is 380 g/mol. The average molecular weight is 399 g/mol. The monoisotopic (exact) mass is 398 g/mol. The lowest BCUT2D eigenvalue weighted by Crippen LogP contribution is -2.30. The second kappa shape index (κ2) is 9.10. The lowest BCUT2D eigenvalue weighted by Gasteiger charge is -2.18.